The fourth-order valence-corrected chi connectivity index (χ4v) is 0.403. The number of aromatic nitrogens is 3. The first-order chi connectivity index (χ1) is 4.18. The molecule has 0 spiro atoms. The predicted molar refractivity (Wildman–Crippen MR) is 28.3 cm³/mol. The summed E-state index contributed by atoms with van der Waals surface area (Å²) in [6, 6.07) is 0. The van der Waals surface area contributed by atoms with Crippen LogP contribution in [0.15, 0.2) is 14.4 Å². The van der Waals surface area contributed by atoms with Crippen molar-refractivity contribution in [3.63, 3.8) is 0 Å². The maximum Gasteiger partial charge on any atom is 1.00 e. The zero-order valence-electron chi connectivity index (χ0n) is 5.60. The Morgan fingerprint density at radius 1 is 0.727 bits per heavy atom. The first kappa shape index (κ1) is 13.9. The Morgan fingerprint density at radius 3 is 1.09 bits per heavy atom. The van der Waals surface area contributed by atoms with Gasteiger partial charge in [-0.05, 0) is 0 Å². The summed E-state index contributed by atoms with van der Waals surface area (Å²) >= 11 is 0. The van der Waals surface area contributed by atoms with Crippen molar-refractivity contribution in [3.8, 4) is 0 Å². The average molecular weight is 204 g/mol. The smallest absolute Gasteiger partial charge is 1.00 e. The summed E-state index contributed by atoms with van der Waals surface area (Å²) in [5.41, 5.74) is -2.41. The first-order valence-corrected chi connectivity index (χ1v) is 2.11. The third-order valence-corrected chi connectivity index (χ3v) is 0.681. The maximum absolute atomic E-state index is 10.2. The number of aromatic amines is 3. The normalized spacial score (nSPS) is 7.64. The number of nitrogens with one attached hydrogen (secondary N) is 3. The Labute approximate surface area is 109 Å². The molecule has 1 aromatic heterocycles. The first-order valence-electron chi connectivity index (χ1n) is 2.11. The number of halogens is 1. The minimum Gasteiger partial charge on any atom is -1.00 e. The molecule has 56 valence electrons. The fraction of sp³-hybridized carbons (Fsp3) is 0. The van der Waals surface area contributed by atoms with Crippen LogP contribution >= 0.6 is 0 Å². The van der Waals surface area contributed by atoms with Crippen molar-refractivity contribution >= 4 is 0 Å². The molecule has 0 bridgehead atoms. The third-order valence-electron chi connectivity index (χ3n) is 0.681. The van der Waals surface area contributed by atoms with Gasteiger partial charge in [-0.2, -0.15) is 0 Å². The van der Waals surface area contributed by atoms with E-state index in [0.717, 1.165) is 0 Å². The van der Waals surface area contributed by atoms with Gasteiger partial charge in [0.2, 0.25) is 0 Å². The quantitative estimate of drug-likeness (QED) is 0.365. The molecule has 0 saturated heterocycles. The van der Waals surface area contributed by atoms with E-state index in [1.165, 1.54) is 0 Å². The van der Waals surface area contributed by atoms with Gasteiger partial charge in [0, 0.05) is 0 Å². The molecule has 0 aliphatic rings. The predicted octanol–water partition coefficient (Wildman–Crippen LogP) is -8.24. The second-order valence-electron chi connectivity index (χ2n) is 1.36. The second-order valence-corrected chi connectivity index (χ2v) is 1.36. The van der Waals surface area contributed by atoms with Crippen molar-refractivity contribution < 1.29 is 63.8 Å². The zero-order chi connectivity index (χ0) is 6.85. The van der Waals surface area contributed by atoms with Crippen LogP contribution in [0.4, 0.5) is 0 Å². The summed E-state index contributed by atoms with van der Waals surface area (Å²) in [5.74, 6) is 0. The molecular weight excluding hydrogens is 201 g/mol. The van der Waals surface area contributed by atoms with E-state index in [1.807, 2.05) is 0 Å². The van der Waals surface area contributed by atoms with Crippen molar-refractivity contribution in [2.24, 2.45) is 0 Å². The van der Waals surface area contributed by atoms with Crippen LogP contribution in [-0.4, -0.2) is 15.0 Å². The summed E-state index contributed by atoms with van der Waals surface area (Å²) in [5, 5.41) is 0. The van der Waals surface area contributed by atoms with Crippen molar-refractivity contribution in [3.05, 3.63) is 31.5 Å². The Bertz CT molecular complexity index is 286. The molecule has 0 aliphatic heterocycles. The topological polar surface area (TPSA) is 98.6 Å². The Balaban J connectivity index is 0. The Hall–Kier alpha value is 0.336. The zero-order valence-corrected chi connectivity index (χ0v) is 9.48. The standard InChI is InChI=1S/C3H3N3O3.ClH.K/c7-1-4-2(8)6-3(9)5-1;;/h(H3,4,5,6,7,8,9);1H;/q;;+1/p-1. The summed E-state index contributed by atoms with van der Waals surface area (Å²) in [6.07, 6.45) is 0. The van der Waals surface area contributed by atoms with Gasteiger partial charge >= 0.3 is 68.5 Å². The molecule has 1 aromatic rings. The summed E-state index contributed by atoms with van der Waals surface area (Å²) < 4.78 is 0. The van der Waals surface area contributed by atoms with E-state index >= 15 is 0 Å². The van der Waals surface area contributed by atoms with Crippen LogP contribution in [0.25, 0.3) is 0 Å². The van der Waals surface area contributed by atoms with E-state index in [2.05, 4.69) is 0 Å². The SMILES string of the molecule is O=c1[nH]c(=O)[nH]c(=O)[nH]1.[Cl-].[K+]. The second kappa shape index (κ2) is 5.92. The molecule has 0 saturated carbocycles. The molecule has 0 radical (unpaired) electrons. The molecule has 0 unspecified atom stereocenters. The van der Waals surface area contributed by atoms with Crippen LogP contribution in [0.2, 0.25) is 0 Å². The molecule has 0 amide bonds. The molecule has 0 aliphatic carbocycles. The molecule has 8 heteroatoms. The monoisotopic (exact) mass is 203 g/mol. The Morgan fingerprint density at radius 2 is 0.909 bits per heavy atom. The molecule has 1 heterocycles. The van der Waals surface area contributed by atoms with Crippen molar-refractivity contribution in [1.29, 1.82) is 0 Å². The van der Waals surface area contributed by atoms with Crippen LogP contribution < -0.4 is 80.9 Å². The molecular formula is C3H3ClKN3O3. The molecule has 1 rings (SSSR count). The van der Waals surface area contributed by atoms with Gasteiger partial charge in [-0.1, -0.05) is 0 Å². The van der Waals surface area contributed by atoms with Crippen LogP contribution in [-0.2, 0) is 0 Å². The largest absolute Gasteiger partial charge is 1.00 e. The number of H-pyrrole nitrogens is 3. The summed E-state index contributed by atoms with van der Waals surface area (Å²) in [7, 11) is 0. The third kappa shape index (κ3) is 4.72. The van der Waals surface area contributed by atoms with Crippen molar-refractivity contribution in [2.75, 3.05) is 0 Å². The minimum atomic E-state index is -0.802. The van der Waals surface area contributed by atoms with Gasteiger partial charge in [-0.25, -0.2) is 14.4 Å². The van der Waals surface area contributed by atoms with Gasteiger partial charge in [0.25, 0.3) is 0 Å². The van der Waals surface area contributed by atoms with E-state index in [4.69, 9.17) is 0 Å². The molecule has 0 aromatic carbocycles. The van der Waals surface area contributed by atoms with E-state index in [9.17, 15) is 14.4 Å². The number of rotatable bonds is 0. The molecule has 6 nitrogen and oxygen atoms in total. The average Bonchev–Trinajstić information content (AvgIpc) is 1.59. The van der Waals surface area contributed by atoms with Crippen LogP contribution in [0.5, 0.6) is 0 Å². The van der Waals surface area contributed by atoms with E-state index in [1.54, 1.807) is 15.0 Å². The van der Waals surface area contributed by atoms with Gasteiger partial charge in [0.05, 0.1) is 0 Å². The molecule has 11 heavy (non-hydrogen) atoms. The fourth-order valence-electron chi connectivity index (χ4n) is 0.403. The van der Waals surface area contributed by atoms with Crippen LogP contribution in [0.1, 0.15) is 0 Å². The van der Waals surface area contributed by atoms with Crippen LogP contribution in [0.3, 0.4) is 0 Å². The van der Waals surface area contributed by atoms with Crippen LogP contribution in [0, 0.1) is 0 Å². The van der Waals surface area contributed by atoms with Crippen molar-refractivity contribution in [2.45, 2.75) is 0 Å². The van der Waals surface area contributed by atoms with E-state index < -0.39 is 17.1 Å². The maximum atomic E-state index is 10.2. The van der Waals surface area contributed by atoms with Gasteiger partial charge in [0.15, 0.2) is 0 Å². The van der Waals surface area contributed by atoms with Gasteiger partial charge in [-0.3, -0.25) is 15.0 Å². The summed E-state index contributed by atoms with van der Waals surface area (Å²) in [6.45, 7) is 0. The van der Waals surface area contributed by atoms with E-state index in [0.29, 0.717) is 0 Å². The molecule has 0 atom stereocenters. The molecule has 3 N–H and O–H groups in total. The summed E-state index contributed by atoms with van der Waals surface area (Å²) in [4.78, 5) is 35.9. The molecule has 0 fully saturated rings. The number of hydrogen-bond donors (Lipinski definition) is 3. The number of hydrogen-bond acceptors (Lipinski definition) is 3. The van der Waals surface area contributed by atoms with Gasteiger partial charge < -0.3 is 12.4 Å². The van der Waals surface area contributed by atoms with Gasteiger partial charge in [0.1, 0.15) is 0 Å². The minimum absolute atomic E-state index is 0. The Kier molecular flexibility index (Phi) is 7.48. The van der Waals surface area contributed by atoms with Crippen molar-refractivity contribution in [1.82, 2.24) is 15.0 Å². The van der Waals surface area contributed by atoms with E-state index in [-0.39, 0.29) is 63.8 Å². The van der Waals surface area contributed by atoms with Gasteiger partial charge in [-0.15, -0.1) is 0 Å².